The van der Waals surface area contributed by atoms with Gasteiger partial charge in [-0.05, 0) is 57.0 Å². The summed E-state index contributed by atoms with van der Waals surface area (Å²) in [6, 6.07) is 4.31. The summed E-state index contributed by atoms with van der Waals surface area (Å²) in [5.74, 6) is -0.0920. The molecule has 0 spiro atoms. The summed E-state index contributed by atoms with van der Waals surface area (Å²) in [6.07, 6.45) is 1.59. The van der Waals surface area contributed by atoms with E-state index in [-0.39, 0.29) is 12.5 Å². The van der Waals surface area contributed by atoms with Gasteiger partial charge < -0.3 is 14.9 Å². The molecule has 0 radical (unpaired) electrons. The lowest BCUT2D eigenvalue weighted by molar-refractivity contribution is -0.144. The normalized spacial score (nSPS) is 18.1. The number of rotatable bonds is 6. The van der Waals surface area contributed by atoms with Gasteiger partial charge in [-0.1, -0.05) is 11.6 Å². The summed E-state index contributed by atoms with van der Waals surface area (Å²) in [5, 5.41) is 19.4. The van der Waals surface area contributed by atoms with Gasteiger partial charge in [0, 0.05) is 17.2 Å². The van der Waals surface area contributed by atoms with Gasteiger partial charge in [0.1, 0.15) is 11.8 Å². The first-order valence-electron chi connectivity index (χ1n) is 7.56. The van der Waals surface area contributed by atoms with Crippen molar-refractivity contribution in [2.45, 2.75) is 25.8 Å². The second-order valence-electron chi connectivity index (χ2n) is 5.52. The van der Waals surface area contributed by atoms with Crippen molar-refractivity contribution >= 4 is 17.6 Å². The molecule has 1 aromatic rings. The molecule has 0 amide bonds. The predicted molar refractivity (Wildman–Crippen MR) is 84.4 cm³/mol. The molecule has 1 aromatic carbocycles. The summed E-state index contributed by atoms with van der Waals surface area (Å²) < 4.78 is 5.57. The minimum atomic E-state index is -0.911. The molecule has 1 saturated heterocycles. The Morgan fingerprint density at radius 3 is 2.68 bits per heavy atom. The van der Waals surface area contributed by atoms with Crippen LogP contribution in [0.15, 0.2) is 18.2 Å². The highest BCUT2D eigenvalue weighted by Crippen LogP contribution is 2.34. The molecule has 0 saturated carbocycles. The highest BCUT2D eigenvalue weighted by Gasteiger charge is 2.33. The molecule has 1 atom stereocenters. The number of carbonyl (C=O) groups is 1. The van der Waals surface area contributed by atoms with Crippen molar-refractivity contribution in [1.82, 2.24) is 4.90 Å². The number of aliphatic hydroxyl groups excluding tert-OH is 1. The van der Waals surface area contributed by atoms with Gasteiger partial charge in [0.05, 0.1) is 6.61 Å². The fourth-order valence-corrected chi connectivity index (χ4v) is 3.08. The number of ether oxygens (including phenoxy) is 1. The Labute approximate surface area is 135 Å². The van der Waals surface area contributed by atoms with Crippen LogP contribution in [0, 0.1) is 5.92 Å². The Morgan fingerprint density at radius 2 is 2.14 bits per heavy atom. The fraction of sp³-hybridized carbons (Fsp3) is 0.562. The van der Waals surface area contributed by atoms with Gasteiger partial charge in [0.15, 0.2) is 0 Å². The third-order valence-electron chi connectivity index (χ3n) is 4.07. The quantitative estimate of drug-likeness (QED) is 0.840. The molecular weight excluding hydrogens is 306 g/mol. The van der Waals surface area contributed by atoms with Gasteiger partial charge >= 0.3 is 5.97 Å². The summed E-state index contributed by atoms with van der Waals surface area (Å²) in [7, 11) is 0. The van der Waals surface area contributed by atoms with Gasteiger partial charge in [-0.3, -0.25) is 9.69 Å². The first-order chi connectivity index (χ1) is 10.6. The zero-order valence-corrected chi connectivity index (χ0v) is 13.4. The number of halogens is 1. The van der Waals surface area contributed by atoms with Crippen molar-refractivity contribution in [1.29, 1.82) is 0 Å². The molecule has 0 aliphatic carbocycles. The summed E-state index contributed by atoms with van der Waals surface area (Å²) in [6.45, 7) is 3.77. The van der Waals surface area contributed by atoms with Crippen molar-refractivity contribution in [2.24, 2.45) is 5.92 Å². The van der Waals surface area contributed by atoms with Crippen LogP contribution < -0.4 is 4.74 Å². The van der Waals surface area contributed by atoms with Crippen LogP contribution in [0.1, 0.15) is 31.4 Å². The third kappa shape index (κ3) is 3.91. The number of piperidine rings is 1. The molecule has 6 heteroatoms. The molecule has 1 heterocycles. The smallest absolute Gasteiger partial charge is 0.325 e. The number of benzene rings is 1. The number of carboxylic acid groups (broad SMARTS) is 1. The topological polar surface area (TPSA) is 70.0 Å². The van der Waals surface area contributed by atoms with Gasteiger partial charge in [-0.2, -0.15) is 0 Å². The van der Waals surface area contributed by atoms with Crippen LogP contribution in [0.3, 0.4) is 0 Å². The number of aliphatic carboxylic acids is 1. The molecule has 2 rings (SSSR count). The average Bonchev–Trinajstić information content (AvgIpc) is 2.50. The average molecular weight is 328 g/mol. The summed E-state index contributed by atoms with van der Waals surface area (Å²) >= 11 is 6.05. The second kappa shape index (κ2) is 7.81. The van der Waals surface area contributed by atoms with Crippen molar-refractivity contribution < 1.29 is 19.7 Å². The van der Waals surface area contributed by atoms with E-state index < -0.39 is 12.0 Å². The lowest BCUT2D eigenvalue weighted by Gasteiger charge is -2.35. The molecule has 1 fully saturated rings. The van der Waals surface area contributed by atoms with E-state index in [4.69, 9.17) is 16.3 Å². The van der Waals surface area contributed by atoms with Crippen LogP contribution in [-0.4, -0.2) is 47.4 Å². The molecule has 0 bridgehead atoms. The number of hydrogen-bond acceptors (Lipinski definition) is 4. The van der Waals surface area contributed by atoms with E-state index in [9.17, 15) is 15.0 Å². The predicted octanol–water partition coefficient (Wildman–Crippen LogP) is 2.57. The Hall–Kier alpha value is -1.30. The monoisotopic (exact) mass is 327 g/mol. The minimum absolute atomic E-state index is 0.160. The Morgan fingerprint density at radius 1 is 1.45 bits per heavy atom. The summed E-state index contributed by atoms with van der Waals surface area (Å²) in [4.78, 5) is 13.7. The van der Waals surface area contributed by atoms with Crippen molar-refractivity contribution in [3.05, 3.63) is 28.8 Å². The zero-order chi connectivity index (χ0) is 16.1. The molecular formula is C16H22ClNO4. The Balaban J connectivity index is 2.28. The Bertz CT molecular complexity index is 515. The lowest BCUT2D eigenvalue weighted by Crippen LogP contribution is -2.41. The summed E-state index contributed by atoms with van der Waals surface area (Å²) in [5.41, 5.74) is 0.587. The highest BCUT2D eigenvalue weighted by atomic mass is 35.5. The molecule has 22 heavy (non-hydrogen) atoms. The minimum Gasteiger partial charge on any atom is -0.494 e. The third-order valence-corrected chi connectivity index (χ3v) is 4.31. The fourth-order valence-electron chi connectivity index (χ4n) is 2.90. The molecule has 1 aliphatic rings. The first-order valence-corrected chi connectivity index (χ1v) is 7.94. The zero-order valence-electron chi connectivity index (χ0n) is 12.7. The second-order valence-corrected chi connectivity index (χ2v) is 5.95. The number of hydrogen-bond donors (Lipinski definition) is 2. The van der Waals surface area contributed by atoms with Gasteiger partial charge in [0.2, 0.25) is 0 Å². The molecule has 122 valence electrons. The highest BCUT2D eigenvalue weighted by molar-refractivity contribution is 6.30. The van der Waals surface area contributed by atoms with Crippen molar-refractivity contribution in [3.8, 4) is 5.75 Å². The SMILES string of the molecule is CCOc1ccc(Cl)cc1[C@@H](C(=O)O)N1CCC(CO)CC1. The number of aliphatic hydroxyl groups is 1. The maximum atomic E-state index is 11.8. The molecule has 0 unspecified atom stereocenters. The number of likely N-dealkylation sites (tertiary alicyclic amines) is 1. The van der Waals surface area contributed by atoms with Crippen LogP contribution in [0.4, 0.5) is 0 Å². The van der Waals surface area contributed by atoms with Gasteiger partial charge in [0.25, 0.3) is 0 Å². The number of nitrogens with zero attached hydrogens (tertiary/aromatic N) is 1. The van der Waals surface area contributed by atoms with Crippen LogP contribution in [0.25, 0.3) is 0 Å². The van der Waals surface area contributed by atoms with E-state index in [1.807, 2.05) is 11.8 Å². The van der Waals surface area contributed by atoms with Crippen molar-refractivity contribution in [3.63, 3.8) is 0 Å². The molecule has 0 aromatic heterocycles. The molecule has 1 aliphatic heterocycles. The lowest BCUT2D eigenvalue weighted by atomic mass is 9.94. The molecule has 5 nitrogen and oxygen atoms in total. The van der Waals surface area contributed by atoms with Crippen LogP contribution >= 0.6 is 11.6 Å². The van der Waals surface area contributed by atoms with Crippen LogP contribution in [-0.2, 0) is 4.79 Å². The Kier molecular flexibility index (Phi) is 6.06. The van der Waals surface area contributed by atoms with E-state index in [2.05, 4.69) is 0 Å². The first kappa shape index (κ1) is 17.1. The van der Waals surface area contributed by atoms with E-state index in [0.29, 0.717) is 36.0 Å². The van der Waals surface area contributed by atoms with Crippen LogP contribution in [0.2, 0.25) is 5.02 Å². The van der Waals surface area contributed by atoms with Gasteiger partial charge in [-0.15, -0.1) is 0 Å². The maximum absolute atomic E-state index is 11.8. The van der Waals surface area contributed by atoms with Crippen molar-refractivity contribution in [2.75, 3.05) is 26.3 Å². The largest absolute Gasteiger partial charge is 0.494 e. The maximum Gasteiger partial charge on any atom is 0.325 e. The van der Waals surface area contributed by atoms with E-state index in [1.54, 1.807) is 18.2 Å². The molecule has 2 N–H and O–H groups in total. The van der Waals surface area contributed by atoms with E-state index in [1.165, 1.54) is 0 Å². The van der Waals surface area contributed by atoms with E-state index >= 15 is 0 Å². The van der Waals surface area contributed by atoms with Gasteiger partial charge in [-0.25, -0.2) is 0 Å². The number of carboxylic acids is 1. The van der Waals surface area contributed by atoms with Crippen LogP contribution in [0.5, 0.6) is 5.75 Å². The standard InChI is InChI=1S/C16H22ClNO4/c1-2-22-14-4-3-12(17)9-13(14)15(16(20)21)18-7-5-11(10-19)6-8-18/h3-4,9,11,15,19H,2,5-8,10H2,1H3,(H,20,21)/t15-/m0/s1. The van der Waals surface area contributed by atoms with E-state index in [0.717, 1.165) is 12.8 Å².